The van der Waals surface area contributed by atoms with Crippen molar-refractivity contribution in [1.82, 2.24) is 0 Å². The van der Waals surface area contributed by atoms with E-state index in [0.717, 1.165) is 0 Å². The van der Waals surface area contributed by atoms with Gasteiger partial charge in [0.15, 0.2) is 0 Å². The van der Waals surface area contributed by atoms with Crippen LogP contribution in [0.25, 0.3) is 0 Å². The van der Waals surface area contributed by atoms with E-state index in [4.69, 9.17) is 0 Å². The molecule has 0 aromatic rings. The van der Waals surface area contributed by atoms with Crippen LogP contribution in [0.15, 0.2) is 12.2 Å². The molecule has 1 saturated carbocycles. The van der Waals surface area contributed by atoms with Gasteiger partial charge in [0.1, 0.15) is 0 Å². The molecule has 2 rings (SSSR count). The fourth-order valence-electron chi connectivity index (χ4n) is 2.85. The first-order valence-corrected chi connectivity index (χ1v) is 4.82. The minimum atomic E-state index is 0. The zero-order valence-corrected chi connectivity index (χ0v) is 7.69. The van der Waals surface area contributed by atoms with Crippen molar-refractivity contribution >= 4 is 0 Å². The van der Waals surface area contributed by atoms with Gasteiger partial charge in [0, 0.05) is 0 Å². The van der Waals surface area contributed by atoms with E-state index in [1.54, 1.807) is 0 Å². The zero-order chi connectivity index (χ0) is 7.95. The molecule has 0 atom stereocenters. The second-order valence-electron chi connectivity index (χ2n) is 5.07. The van der Waals surface area contributed by atoms with Crippen molar-refractivity contribution < 1.29 is 0 Å². The van der Waals surface area contributed by atoms with Gasteiger partial charge in [0.25, 0.3) is 0 Å². The van der Waals surface area contributed by atoms with Gasteiger partial charge in [0.05, 0.1) is 0 Å². The molecule has 15 heavy (non-hydrogen) atoms. The molecule has 0 heteroatoms. The van der Waals surface area contributed by atoms with Crippen molar-refractivity contribution in [1.29, 1.82) is 0 Å². The van der Waals surface area contributed by atoms with Gasteiger partial charge < -0.3 is 0 Å². The summed E-state index contributed by atoms with van der Waals surface area (Å²) >= 11 is 0. The lowest BCUT2D eigenvalue weighted by Crippen LogP contribution is -2.15. The molecule has 0 aliphatic heterocycles. The Morgan fingerprint density at radius 1 is 0.800 bits per heavy atom. The zero-order valence-electron chi connectivity index (χ0n) is 7.69. The smallest absolute Gasteiger partial charge is 0.0110 e. The summed E-state index contributed by atoms with van der Waals surface area (Å²) in [6, 6.07) is 0. The second-order valence-corrected chi connectivity index (χ2v) is 5.07. The maximum Gasteiger partial charge on any atom is -0.0110 e. The molecule has 0 nitrogen and oxygen atoms in total. The van der Waals surface area contributed by atoms with Crippen molar-refractivity contribution in [2.75, 3.05) is 0 Å². The van der Waals surface area contributed by atoms with Gasteiger partial charge in [-0.05, 0) is 30.1 Å². The monoisotopic (exact) mass is 214 g/mol. The van der Waals surface area contributed by atoms with E-state index in [9.17, 15) is 0 Å². The first-order chi connectivity index (χ1) is 5.12. The highest BCUT2D eigenvalue weighted by Crippen LogP contribution is 2.52. The summed E-state index contributed by atoms with van der Waals surface area (Å²) in [7, 11) is 0. The fourth-order valence-corrected chi connectivity index (χ4v) is 2.85. The molecule has 1 fully saturated rings. The van der Waals surface area contributed by atoms with Gasteiger partial charge in [-0.2, -0.15) is 0 Å². The van der Waals surface area contributed by atoms with Crippen LogP contribution in [0, 0.1) is 10.8 Å². The van der Waals surface area contributed by atoms with E-state index < -0.39 is 0 Å². The Balaban J connectivity index is -0.000000360. The molecule has 1 spiro atoms. The molecular formula is C15H34. The Labute approximate surface area is 99.2 Å². The molecule has 0 radical (unpaired) electrons. The molecule has 0 saturated heterocycles. The van der Waals surface area contributed by atoms with Gasteiger partial charge in [0.2, 0.25) is 0 Å². The fraction of sp³-hybridized carbons (Fsp3) is 0.867. The molecule has 0 amide bonds. The first-order valence-electron chi connectivity index (χ1n) is 4.82. The summed E-state index contributed by atoms with van der Waals surface area (Å²) in [5.41, 5.74) is 1.13. The highest BCUT2D eigenvalue weighted by atomic mass is 14.4. The molecule has 0 aromatic heterocycles. The van der Waals surface area contributed by atoms with Crippen LogP contribution in [0.3, 0.4) is 0 Å². The molecule has 0 unspecified atom stereocenters. The summed E-state index contributed by atoms with van der Waals surface area (Å²) in [4.78, 5) is 0. The third-order valence-electron chi connectivity index (χ3n) is 3.30. The average molecular weight is 214 g/mol. The molecule has 0 N–H and O–H groups in total. The Morgan fingerprint density at radius 3 is 1.60 bits per heavy atom. The topological polar surface area (TPSA) is 0 Å². The average Bonchev–Trinajstić information content (AvgIpc) is 2.43. The molecular weight excluding hydrogens is 180 g/mol. The summed E-state index contributed by atoms with van der Waals surface area (Å²) < 4.78 is 0. The van der Waals surface area contributed by atoms with E-state index in [0.29, 0.717) is 10.8 Å². The van der Waals surface area contributed by atoms with Crippen molar-refractivity contribution in [3.8, 4) is 0 Å². The third kappa shape index (κ3) is 4.01. The summed E-state index contributed by atoms with van der Waals surface area (Å²) in [6.07, 6.45) is 12.2. The predicted octanol–water partition coefficient (Wildman–Crippen LogP) is 6.08. The van der Waals surface area contributed by atoms with Crippen molar-refractivity contribution in [2.45, 2.75) is 75.7 Å². The van der Waals surface area contributed by atoms with Gasteiger partial charge in [-0.1, -0.05) is 68.5 Å². The molecule has 0 bridgehead atoms. The van der Waals surface area contributed by atoms with Crippen LogP contribution in [0.5, 0.6) is 0 Å². The summed E-state index contributed by atoms with van der Waals surface area (Å²) in [6.45, 7) is 4.72. The predicted molar refractivity (Wildman–Crippen MR) is 75.4 cm³/mol. The molecule has 94 valence electrons. The summed E-state index contributed by atoms with van der Waals surface area (Å²) in [5, 5.41) is 0. The van der Waals surface area contributed by atoms with Crippen LogP contribution in [0.4, 0.5) is 0 Å². The molecule has 0 aromatic carbocycles. The van der Waals surface area contributed by atoms with Crippen molar-refractivity contribution in [3.63, 3.8) is 0 Å². The van der Waals surface area contributed by atoms with Crippen molar-refractivity contribution in [2.24, 2.45) is 10.8 Å². The van der Waals surface area contributed by atoms with Gasteiger partial charge in [-0.25, -0.2) is 0 Å². The van der Waals surface area contributed by atoms with Gasteiger partial charge in [-0.15, -0.1) is 0 Å². The maximum atomic E-state index is 2.50. The lowest BCUT2D eigenvalue weighted by Gasteiger charge is -2.25. The molecule has 0 heterocycles. The van der Waals surface area contributed by atoms with Crippen LogP contribution in [-0.4, -0.2) is 0 Å². The van der Waals surface area contributed by atoms with E-state index >= 15 is 0 Å². The third-order valence-corrected chi connectivity index (χ3v) is 3.30. The highest BCUT2D eigenvalue weighted by molar-refractivity contribution is 5.15. The first kappa shape index (κ1) is 20.2. The van der Waals surface area contributed by atoms with Crippen LogP contribution in [-0.2, 0) is 0 Å². The van der Waals surface area contributed by atoms with Crippen LogP contribution in [0.1, 0.15) is 75.7 Å². The lowest BCUT2D eigenvalue weighted by atomic mass is 9.79. The standard InChI is InChI=1S/C11H18.4CH4/c1-10(2)7-8-11(9-10)5-3-4-6-11;;;;/h7-8H,3-6,9H2,1-2H3;4*1H4. The summed E-state index contributed by atoms with van der Waals surface area (Å²) in [5.74, 6) is 0. The van der Waals surface area contributed by atoms with Crippen LogP contribution in [0.2, 0.25) is 0 Å². The Hall–Kier alpha value is -0.260. The minimum absolute atomic E-state index is 0. The normalized spacial score (nSPS) is 23.3. The highest BCUT2D eigenvalue weighted by Gasteiger charge is 2.39. The van der Waals surface area contributed by atoms with E-state index in [1.165, 1.54) is 32.1 Å². The Bertz CT molecular complexity index is 180. The minimum Gasteiger partial charge on any atom is -0.0823 e. The molecule has 2 aliphatic rings. The number of hydrogen-bond acceptors (Lipinski definition) is 0. The number of rotatable bonds is 0. The Morgan fingerprint density at radius 2 is 1.27 bits per heavy atom. The second kappa shape index (κ2) is 6.35. The van der Waals surface area contributed by atoms with Crippen LogP contribution < -0.4 is 0 Å². The SMILES string of the molecule is C.C.C.C.CC1(C)C=CC2(CCCC2)C1. The van der Waals surface area contributed by atoms with Gasteiger partial charge >= 0.3 is 0 Å². The Kier molecular flexibility index (Phi) is 8.55. The number of hydrogen-bond donors (Lipinski definition) is 0. The van der Waals surface area contributed by atoms with E-state index in [1.807, 2.05) is 0 Å². The van der Waals surface area contributed by atoms with Gasteiger partial charge in [-0.3, -0.25) is 0 Å². The van der Waals surface area contributed by atoms with Crippen molar-refractivity contribution in [3.05, 3.63) is 12.2 Å². The number of allylic oxidation sites excluding steroid dienone is 2. The van der Waals surface area contributed by atoms with E-state index in [-0.39, 0.29) is 29.7 Å². The van der Waals surface area contributed by atoms with Crippen LogP contribution >= 0.6 is 0 Å². The maximum absolute atomic E-state index is 2.50. The lowest BCUT2D eigenvalue weighted by molar-refractivity contribution is 0.291. The molecule has 2 aliphatic carbocycles. The largest absolute Gasteiger partial charge is 0.0823 e. The quantitative estimate of drug-likeness (QED) is 0.429. The van der Waals surface area contributed by atoms with E-state index in [2.05, 4.69) is 26.0 Å².